The van der Waals surface area contributed by atoms with E-state index in [4.69, 9.17) is 9.47 Å². The van der Waals surface area contributed by atoms with Crippen LogP contribution in [0.25, 0.3) is 0 Å². The van der Waals surface area contributed by atoms with Crippen LogP contribution in [-0.2, 0) is 4.74 Å². The van der Waals surface area contributed by atoms with Crippen LogP contribution in [0.4, 0.5) is 15.8 Å². The third-order valence-electron chi connectivity index (χ3n) is 3.34. The number of nitrogens with zero attached hydrogens (tertiary/aromatic N) is 1. The molecule has 17 heavy (non-hydrogen) atoms. The molecule has 0 aliphatic carbocycles. The summed E-state index contributed by atoms with van der Waals surface area (Å²) in [5.74, 6) is -0.0387. The van der Waals surface area contributed by atoms with E-state index in [1.165, 1.54) is 13.2 Å². The van der Waals surface area contributed by atoms with Crippen LogP contribution in [0.2, 0.25) is 0 Å². The first-order chi connectivity index (χ1) is 8.29. The molecule has 0 amide bonds. The number of methoxy groups -OCH3 is 1. The van der Waals surface area contributed by atoms with Crippen LogP contribution in [0.3, 0.4) is 0 Å². The molecule has 2 heterocycles. The second-order valence-corrected chi connectivity index (χ2v) is 4.31. The number of morpholine rings is 1. The average molecular weight is 238 g/mol. The molecule has 1 atom stereocenters. The molecule has 0 spiro atoms. The number of anilines is 2. The second kappa shape index (κ2) is 4.07. The van der Waals surface area contributed by atoms with Gasteiger partial charge < -0.3 is 19.7 Å². The average Bonchev–Trinajstić information content (AvgIpc) is 2.37. The van der Waals surface area contributed by atoms with E-state index in [9.17, 15) is 4.39 Å². The molecule has 0 saturated carbocycles. The van der Waals surface area contributed by atoms with Gasteiger partial charge in [0.05, 0.1) is 37.7 Å². The predicted octanol–water partition coefficient (Wildman–Crippen LogP) is 1.46. The monoisotopic (exact) mass is 238 g/mol. The van der Waals surface area contributed by atoms with E-state index in [2.05, 4.69) is 10.2 Å². The first-order valence-corrected chi connectivity index (χ1v) is 5.75. The highest BCUT2D eigenvalue weighted by Crippen LogP contribution is 2.37. The quantitative estimate of drug-likeness (QED) is 0.803. The van der Waals surface area contributed by atoms with Gasteiger partial charge in [0, 0.05) is 25.2 Å². The maximum absolute atomic E-state index is 13.6. The van der Waals surface area contributed by atoms with Crippen LogP contribution in [0, 0.1) is 5.82 Å². The number of hydrogen-bond donors (Lipinski definition) is 1. The van der Waals surface area contributed by atoms with E-state index in [0.717, 1.165) is 31.1 Å². The molecular formula is C12H15FN2O2. The number of ether oxygens (including phenoxy) is 2. The van der Waals surface area contributed by atoms with Crippen molar-refractivity contribution in [2.45, 2.75) is 6.04 Å². The van der Waals surface area contributed by atoms with Gasteiger partial charge in [-0.25, -0.2) is 4.39 Å². The van der Waals surface area contributed by atoms with E-state index in [-0.39, 0.29) is 11.6 Å². The van der Waals surface area contributed by atoms with Gasteiger partial charge >= 0.3 is 0 Å². The molecule has 0 aromatic heterocycles. The predicted molar refractivity (Wildman–Crippen MR) is 63.4 cm³/mol. The van der Waals surface area contributed by atoms with Crippen molar-refractivity contribution in [2.24, 2.45) is 0 Å². The number of benzene rings is 1. The number of halogens is 1. The Hall–Kier alpha value is -1.49. The molecule has 92 valence electrons. The standard InChI is InChI=1S/C12H15FN2O2/c1-16-12-5-11-10(4-9(12)13)14-6-8-7-17-3-2-15(8)11/h4-5,8,14H,2-3,6-7H2,1H3. The highest BCUT2D eigenvalue weighted by Gasteiger charge is 2.29. The molecule has 2 aliphatic rings. The first kappa shape index (κ1) is 10.7. The summed E-state index contributed by atoms with van der Waals surface area (Å²) in [7, 11) is 1.48. The Morgan fingerprint density at radius 2 is 2.41 bits per heavy atom. The molecule has 5 heteroatoms. The first-order valence-electron chi connectivity index (χ1n) is 5.75. The van der Waals surface area contributed by atoms with Crippen molar-refractivity contribution < 1.29 is 13.9 Å². The molecule has 0 radical (unpaired) electrons. The Bertz CT molecular complexity index is 439. The summed E-state index contributed by atoms with van der Waals surface area (Å²) in [5, 5.41) is 3.24. The molecular weight excluding hydrogens is 223 g/mol. The SMILES string of the molecule is COc1cc2c(cc1F)NCC1COCCN21. The Balaban J connectivity index is 2.02. The summed E-state index contributed by atoms with van der Waals surface area (Å²) >= 11 is 0. The topological polar surface area (TPSA) is 33.7 Å². The van der Waals surface area contributed by atoms with E-state index in [1.807, 2.05) is 0 Å². The van der Waals surface area contributed by atoms with E-state index in [0.29, 0.717) is 12.6 Å². The molecule has 1 saturated heterocycles. The zero-order valence-corrected chi connectivity index (χ0v) is 9.70. The van der Waals surface area contributed by atoms with Gasteiger partial charge in [-0.3, -0.25) is 0 Å². The second-order valence-electron chi connectivity index (χ2n) is 4.31. The fourth-order valence-corrected chi connectivity index (χ4v) is 2.45. The van der Waals surface area contributed by atoms with Crippen molar-refractivity contribution in [3.63, 3.8) is 0 Å². The molecule has 2 aliphatic heterocycles. The van der Waals surface area contributed by atoms with Crippen LogP contribution in [-0.4, -0.2) is 39.5 Å². The Kier molecular flexibility index (Phi) is 2.55. The van der Waals surface area contributed by atoms with Crippen LogP contribution >= 0.6 is 0 Å². The van der Waals surface area contributed by atoms with Crippen LogP contribution in [0.1, 0.15) is 0 Å². The van der Waals surface area contributed by atoms with Crippen molar-refractivity contribution in [3.05, 3.63) is 17.9 Å². The maximum atomic E-state index is 13.6. The lowest BCUT2D eigenvalue weighted by atomic mass is 10.1. The minimum Gasteiger partial charge on any atom is -0.494 e. The fraction of sp³-hybridized carbons (Fsp3) is 0.500. The van der Waals surface area contributed by atoms with Crippen LogP contribution in [0.15, 0.2) is 12.1 Å². The number of hydrogen-bond acceptors (Lipinski definition) is 4. The van der Waals surface area contributed by atoms with Gasteiger partial charge in [-0.1, -0.05) is 0 Å². The zero-order chi connectivity index (χ0) is 11.8. The lowest BCUT2D eigenvalue weighted by Gasteiger charge is -2.42. The van der Waals surface area contributed by atoms with Gasteiger partial charge in [0.15, 0.2) is 11.6 Å². The highest BCUT2D eigenvalue weighted by atomic mass is 19.1. The normalized spacial score (nSPS) is 22.5. The lowest BCUT2D eigenvalue weighted by Crippen LogP contribution is -2.51. The number of rotatable bonds is 1. The van der Waals surface area contributed by atoms with Crippen molar-refractivity contribution in [1.82, 2.24) is 0 Å². The molecule has 1 aromatic rings. The number of fused-ring (bicyclic) bond motifs is 3. The van der Waals surface area contributed by atoms with Gasteiger partial charge in [0.25, 0.3) is 0 Å². The fourth-order valence-electron chi connectivity index (χ4n) is 2.45. The maximum Gasteiger partial charge on any atom is 0.167 e. The van der Waals surface area contributed by atoms with Crippen molar-refractivity contribution in [3.8, 4) is 5.75 Å². The molecule has 4 nitrogen and oxygen atoms in total. The molecule has 3 rings (SSSR count). The minimum atomic E-state index is -0.328. The van der Waals surface area contributed by atoms with Gasteiger partial charge in [-0.05, 0) is 0 Å². The Morgan fingerprint density at radius 3 is 3.24 bits per heavy atom. The third-order valence-corrected chi connectivity index (χ3v) is 3.34. The van der Waals surface area contributed by atoms with Gasteiger partial charge in [0.1, 0.15) is 0 Å². The Labute approximate surface area is 99.3 Å². The minimum absolute atomic E-state index is 0.290. The summed E-state index contributed by atoms with van der Waals surface area (Å²) < 4.78 is 24.1. The van der Waals surface area contributed by atoms with Crippen molar-refractivity contribution >= 4 is 11.4 Å². The Morgan fingerprint density at radius 1 is 1.53 bits per heavy atom. The summed E-state index contributed by atoms with van der Waals surface area (Å²) in [4.78, 5) is 2.26. The summed E-state index contributed by atoms with van der Waals surface area (Å²) in [6.07, 6.45) is 0. The molecule has 0 bridgehead atoms. The third kappa shape index (κ3) is 1.70. The van der Waals surface area contributed by atoms with E-state index >= 15 is 0 Å². The summed E-state index contributed by atoms with van der Waals surface area (Å²) in [6.45, 7) is 3.06. The van der Waals surface area contributed by atoms with E-state index < -0.39 is 0 Å². The largest absolute Gasteiger partial charge is 0.494 e. The molecule has 1 aromatic carbocycles. The van der Waals surface area contributed by atoms with Crippen LogP contribution in [0.5, 0.6) is 5.75 Å². The zero-order valence-electron chi connectivity index (χ0n) is 9.70. The van der Waals surface area contributed by atoms with Crippen molar-refractivity contribution in [2.75, 3.05) is 43.6 Å². The van der Waals surface area contributed by atoms with Gasteiger partial charge in [-0.2, -0.15) is 0 Å². The molecule has 1 N–H and O–H groups in total. The van der Waals surface area contributed by atoms with Crippen LogP contribution < -0.4 is 15.0 Å². The van der Waals surface area contributed by atoms with E-state index in [1.54, 1.807) is 6.07 Å². The van der Waals surface area contributed by atoms with Gasteiger partial charge in [-0.15, -0.1) is 0 Å². The molecule has 1 fully saturated rings. The summed E-state index contributed by atoms with van der Waals surface area (Å²) in [6, 6.07) is 3.58. The van der Waals surface area contributed by atoms with Crippen molar-refractivity contribution in [1.29, 1.82) is 0 Å². The lowest BCUT2D eigenvalue weighted by molar-refractivity contribution is 0.0963. The number of nitrogens with one attached hydrogen (secondary N) is 1. The smallest absolute Gasteiger partial charge is 0.167 e. The molecule has 1 unspecified atom stereocenters. The summed E-state index contributed by atoms with van der Waals surface area (Å²) in [5.41, 5.74) is 1.84. The highest BCUT2D eigenvalue weighted by molar-refractivity contribution is 5.75. The van der Waals surface area contributed by atoms with Gasteiger partial charge in [0.2, 0.25) is 0 Å².